The second-order valence-electron chi connectivity index (χ2n) is 7.94. The zero-order chi connectivity index (χ0) is 22.1. The minimum absolute atomic E-state index is 0.163. The summed E-state index contributed by atoms with van der Waals surface area (Å²) in [5, 5.41) is 2.62. The summed E-state index contributed by atoms with van der Waals surface area (Å²) < 4.78 is 11.2. The molecule has 0 saturated carbocycles. The van der Waals surface area contributed by atoms with Crippen molar-refractivity contribution >= 4 is 39.3 Å². The first-order chi connectivity index (χ1) is 14.9. The summed E-state index contributed by atoms with van der Waals surface area (Å²) in [5.74, 6) is 0.582. The van der Waals surface area contributed by atoms with E-state index in [2.05, 4.69) is 31.2 Å². The molecule has 2 N–H and O–H groups in total. The Morgan fingerprint density at radius 2 is 2.10 bits per heavy atom. The molecule has 0 aromatic carbocycles. The Bertz CT molecular complexity index is 975. The number of imidazole rings is 1. The second-order valence-corrected chi connectivity index (χ2v) is 10.3. The zero-order valence-electron chi connectivity index (χ0n) is 17.9. The standard InChI is InChI=1S/C21H27BrN4O4S/c1-11(29-2)16(25-21(28)30-3)20(27)26-9-5-8-15(26)19-23-10-14(24-19)17-12-6-4-7-13(12)18(22)31-17/h10-11,15-16H,4-9H2,1-3H3,(H,23,24)(H,25,28)/t11-,15?,16+/m1/s1. The smallest absolute Gasteiger partial charge is 0.407 e. The first kappa shape index (κ1) is 22.3. The Labute approximate surface area is 193 Å². The number of nitrogens with one attached hydrogen (secondary N) is 2. The SMILES string of the molecule is COC(=O)N[C@H](C(=O)N1CCCC1c1ncc(-c2sc(Br)c3c2CCC3)[nH]1)[C@@H](C)OC. The van der Waals surface area contributed by atoms with Crippen LogP contribution in [0.5, 0.6) is 0 Å². The molecule has 31 heavy (non-hydrogen) atoms. The van der Waals surface area contributed by atoms with Crippen LogP contribution in [0.25, 0.3) is 10.6 Å². The maximum absolute atomic E-state index is 13.3. The van der Waals surface area contributed by atoms with Crippen LogP contribution in [-0.2, 0) is 27.1 Å². The Morgan fingerprint density at radius 3 is 2.84 bits per heavy atom. The number of ether oxygens (including phenoxy) is 2. The van der Waals surface area contributed by atoms with E-state index in [4.69, 9.17) is 9.47 Å². The van der Waals surface area contributed by atoms with Gasteiger partial charge in [0.25, 0.3) is 0 Å². The fourth-order valence-corrected chi connectivity index (χ4v) is 6.47. The number of thiophene rings is 1. The van der Waals surface area contributed by atoms with Gasteiger partial charge >= 0.3 is 6.09 Å². The highest BCUT2D eigenvalue weighted by atomic mass is 79.9. The van der Waals surface area contributed by atoms with Crippen LogP contribution in [0.4, 0.5) is 4.79 Å². The highest BCUT2D eigenvalue weighted by Gasteiger charge is 2.38. The van der Waals surface area contributed by atoms with Crippen LogP contribution in [-0.4, -0.2) is 59.8 Å². The lowest BCUT2D eigenvalue weighted by atomic mass is 10.1. The minimum atomic E-state index is -0.830. The van der Waals surface area contributed by atoms with E-state index in [1.807, 2.05) is 6.20 Å². The summed E-state index contributed by atoms with van der Waals surface area (Å²) in [6, 6.07) is -0.993. The molecule has 1 aliphatic heterocycles. The second kappa shape index (κ2) is 9.30. The predicted octanol–water partition coefficient (Wildman–Crippen LogP) is 3.81. The fourth-order valence-electron chi connectivity index (χ4n) is 4.46. The molecule has 1 unspecified atom stereocenters. The number of alkyl carbamates (subject to hydrolysis) is 1. The van der Waals surface area contributed by atoms with E-state index in [9.17, 15) is 9.59 Å². The number of aromatic amines is 1. The van der Waals surface area contributed by atoms with E-state index in [0.29, 0.717) is 6.54 Å². The van der Waals surface area contributed by atoms with E-state index < -0.39 is 18.2 Å². The van der Waals surface area contributed by atoms with E-state index in [-0.39, 0.29) is 11.9 Å². The number of fused-ring (bicyclic) bond motifs is 1. The lowest BCUT2D eigenvalue weighted by molar-refractivity contribution is -0.137. The van der Waals surface area contributed by atoms with Crippen molar-refractivity contribution in [3.8, 4) is 10.6 Å². The number of likely N-dealkylation sites (tertiary alicyclic amines) is 1. The van der Waals surface area contributed by atoms with Gasteiger partial charge in [0.2, 0.25) is 5.91 Å². The number of halogens is 1. The van der Waals surface area contributed by atoms with Crippen molar-refractivity contribution in [3.05, 3.63) is 26.9 Å². The third-order valence-electron chi connectivity index (χ3n) is 6.18. The van der Waals surface area contributed by atoms with Gasteiger partial charge in [0, 0.05) is 13.7 Å². The van der Waals surface area contributed by atoms with Crippen molar-refractivity contribution in [2.75, 3.05) is 20.8 Å². The molecule has 2 aliphatic rings. The zero-order valence-corrected chi connectivity index (χ0v) is 20.3. The van der Waals surface area contributed by atoms with Gasteiger partial charge in [-0.15, -0.1) is 11.3 Å². The fraction of sp³-hybridized carbons (Fsp3) is 0.571. The Morgan fingerprint density at radius 1 is 1.32 bits per heavy atom. The summed E-state index contributed by atoms with van der Waals surface area (Å²) in [4.78, 5) is 36.3. The van der Waals surface area contributed by atoms with Gasteiger partial charge in [-0.2, -0.15) is 0 Å². The molecule has 4 rings (SSSR count). The van der Waals surface area contributed by atoms with E-state index >= 15 is 0 Å². The monoisotopic (exact) mass is 510 g/mol. The number of nitrogens with zero attached hydrogens (tertiary/aromatic N) is 2. The largest absolute Gasteiger partial charge is 0.453 e. The van der Waals surface area contributed by atoms with Crippen molar-refractivity contribution in [1.29, 1.82) is 0 Å². The maximum Gasteiger partial charge on any atom is 0.407 e. The number of methoxy groups -OCH3 is 2. The molecule has 0 bridgehead atoms. The van der Waals surface area contributed by atoms with Crippen LogP contribution < -0.4 is 5.32 Å². The molecule has 3 atom stereocenters. The molecule has 10 heteroatoms. The molecular formula is C21H27BrN4O4S. The topological polar surface area (TPSA) is 96.5 Å². The van der Waals surface area contributed by atoms with Gasteiger partial charge in [0.15, 0.2) is 0 Å². The quantitative estimate of drug-likeness (QED) is 0.615. The van der Waals surface area contributed by atoms with E-state index in [1.165, 1.54) is 40.4 Å². The van der Waals surface area contributed by atoms with Crippen molar-refractivity contribution in [2.24, 2.45) is 0 Å². The first-order valence-electron chi connectivity index (χ1n) is 10.5. The van der Waals surface area contributed by atoms with Crippen LogP contribution in [0.2, 0.25) is 0 Å². The highest BCUT2D eigenvalue weighted by molar-refractivity contribution is 9.11. The number of rotatable bonds is 6. The summed E-state index contributed by atoms with van der Waals surface area (Å²) >= 11 is 5.44. The molecule has 1 fully saturated rings. The van der Waals surface area contributed by atoms with Gasteiger partial charge in [0.1, 0.15) is 11.9 Å². The normalized spacial score (nSPS) is 19.9. The molecule has 2 amide bonds. The molecule has 0 spiro atoms. The average molecular weight is 511 g/mol. The van der Waals surface area contributed by atoms with Gasteiger partial charge < -0.3 is 24.7 Å². The number of carbonyl (C=O) groups excluding carboxylic acids is 2. The number of H-pyrrole nitrogens is 1. The highest BCUT2D eigenvalue weighted by Crippen LogP contribution is 2.44. The van der Waals surface area contributed by atoms with Gasteiger partial charge in [-0.3, -0.25) is 4.79 Å². The minimum Gasteiger partial charge on any atom is -0.453 e. The third kappa shape index (κ3) is 4.25. The number of hydrogen-bond acceptors (Lipinski definition) is 6. The van der Waals surface area contributed by atoms with Crippen LogP contribution >= 0.6 is 27.3 Å². The molecule has 8 nitrogen and oxygen atoms in total. The number of carbonyl (C=O) groups is 2. The molecule has 1 saturated heterocycles. The molecular weight excluding hydrogens is 484 g/mol. The van der Waals surface area contributed by atoms with Crippen molar-refractivity contribution < 1.29 is 19.1 Å². The van der Waals surface area contributed by atoms with Crippen molar-refractivity contribution in [3.63, 3.8) is 0 Å². The molecule has 2 aromatic rings. The van der Waals surface area contributed by atoms with Crippen LogP contribution in [0.1, 0.15) is 49.2 Å². The lowest BCUT2D eigenvalue weighted by Crippen LogP contribution is -2.54. The van der Waals surface area contributed by atoms with Crippen molar-refractivity contribution in [2.45, 2.75) is 57.2 Å². The number of hydrogen-bond donors (Lipinski definition) is 2. The lowest BCUT2D eigenvalue weighted by Gasteiger charge is -2.30. The van der Waals surface area contributed by atoms with E-state index in [0.717, 1.165) is 37.2 Å². The van der Waals surface area contributed by atoms with Crippen molar-refractivity contribution in [1.82, 2.24) is 20.2 Å². The first-order valence-corrected chi connectivity index (χ1v) is 12.1. The van der Waals surface area contributed by atoms with Gasteiger partial charge in [-0.1, -0.05) is 0 Å². The molecule has 168 valence electrons. The Kier molecular flexibility index (Phi) is 6.68. The van der Waals surface area contributed by atoms with E-state index in [1.54, 1.807) is 23.2 Å². The molecule has 3 heterocycles. The molecule has 0 radical (unpaired) electrons. The molecule has 1 aliphatic carbocycles. The Balaban J connectivity index is 1.57. The van der Waals surface area contributed by atoms with Crippen LogP contribution in [0.3, 0.4) is 0 Å². The molecule has 2 aromatic heterocycles. The van der Waals surface area contributed by atoms with Gasteiger partial charge in [0.05, 0.1) is 39.8 Å². The van der Waals surface area contributed by atoms with Gasteiger partial charge in [-0.05, 0) is 66.1 Å². The maximum atomic E-state index is 13.3. The van der Waals surface area contributed by atoms with Crippen LogP contribution in [0.15, 0.2) is 9.98 Å². The summed E-state index contributed by atoms with van der Waals surface area (Å²) in [5.41, 5.74) is 3.82. The summed E-state index contributed by atoms with van der Waals surface area (Å²) in [6.45, 7) is 2.36. The number of aromatic nitrogens is 2. The Hall–Kier alpha value is -1.91. The average Bonchev–Trinajstić information content (AvgIpc) is 3.55. The third-order valence-corrected chi connectivity index (χ3v) is 8.24. The summed E-state index contributed by atoms with van der Waals surface area (Å²) in [7, 11) is 2.79. The van der Waals surface area contributed by atoms with Crippen LogP contribution in [0, 0.1) is 0 Å². The summed E-state index contributed by atoms with van der Waals surface area (Å²) in [6.07, 6.45) is 5.80. The number of amides is 2. The van der Waals surface area contributed by atoms with Gasteiger partial charge in [-0.25, -0.2) is 9.78 Å². The predicted molar refractivity (Wildman–Crippen MR) is 121 cm³/mol.